The van der Waals surface area contributed by atoms with Crippen LogP contribution >= 0.6 is 7.75 Å². The number of nitrogens with two attached hydrogens (primary N) is 1. The normalized spacial score (nSPS) is 25.8. The van der Waals surface area contributed by atoms with E-state index in [1.54, 1.807) is 36.4 Å². The number of nitrogen functional groups attached to an aromatic ring is 1. The number of aliphatic hydroxyl groups is 2. The molecule has 0 bridgehead atoms. The Balaban J connectivity index is 1.12. The molecule has 2 fully saturated rings. The lowest BCUT2D eigenvalue weighted by molar-refractivity contribution is -0.146. The van der Waals surface area contributed by atoms with E-state index in [2.05, 4.69) is 15.2 Å². The summed E-state index contributed by atoms with van der Waals surface area (Å²) in [7, 11) is -4.44. The molecule has 2 aliphatic rings. The van der Waals surface area contributed by atoms with Gasteiger partial charge in [0.25, 0.3) is 0 Å². The minimum atomic E-state index is -4.44. The van der Waals surface area contributed by atoms with Crippen molar-refractivity contribution in [1.29, 1.82) is 0 Å². The van der Waals surface area contributed by atoms with Crippen molar-refractivity contribution >= 4 is 35.8 Å². The number of hydrogen-bond acceptors (Lipinski definition) is 11. The van der Waals surface area contributed by atoms with Crippen molar-refractivity contribution in [3.63, 3.8) is 0 Å². The molecule has 3 heterocycles. The zero-order valence-corrected chi connectivity index (χ0v) is 24.9. The molecule has 5 aromatic rings. The van der Waals surface area contributed by atoms with Crippen LogP contribution in [-0.2, 0) is 30.0 Å². The Labute approximate surface area is 257 Å². The van der Waals surface area contributed by atoms with Crippen LogP contribution in [0.3, 0.4) is 0 Å². The molecule has 3 aromatic carbocycles. The van der Waals surface area contributed by atoms with Gasteiger partial charge >= 0.3 is 13.7 Å². The van der Waals surface area contributed by atoms with E-state index in [9.17, 15) is 19.6 Å². The van der Waals surface area contributed by atoms with Crippen LogP contribution in [0.4, 0.5) is 5.82 Å². The van der Waals surface area contributed by atoms with Gasteiger partial charge in [0.05, 0.1) is 5.69 Å². The lowest BCUT2D eigenvalue weighted by atomic mass is 10.1. The number of carbonyl (C=O) groups is 1. The topological polar surface area (TPSA) is 180 Å². The van der Waals surface area contributed by atoms with Gasteiger partial charge in [-0.3, -0.25) is 9.32 Å². The minimum Gasteiger partial charge on any atom is -0.460 e. The van der Waals surface area contributed by atoms with E-state index < -0.39 is 49.8 Å². The van der Waals surface area contributed by atoms with Crippen LogP contribution < -0.4 is 15.3 Å². The molecule has 2 unspecified atom stereocenters. The Morgan fingerprint density at radius 2 is 1.87 bits per heavy atom. The Kier molecular flexibility index (Phi) is 7.32. The summed E-state index contributed by atoms with van der Waals surface area (Å²) in [5, 5.41) is 31.0. The van der Waals surface area contributed by atoms with Crippen molar-refractivity contribution in [1.82, 2.24) is 19.7 Å². The molecule has 1 saturated carbocycles. The molecular weight excluding hydrogens is 601 g/mol. The van der Waals surface area contributed by atoms with E-state index >= 15 is 0 Å². The van der Waals surface area contributed by atoms with Gasteiger partial charge in [0.2, 0.25) is 0 Å². The van der Waals surface area contributed by atoms with Gasteiger partial charge in [0.15, 0.2) is 11.4 Å². The van der Waals surface area contributed by atoms with Crippen LogP contribution in [0.5, 0.6) is 5.75 Å². The van der Waals surface area contributed by atoms with E-state index in [-0.39, 0.29) is 18.2 Å². The number of ether oxygens (including phenoxy) is 2. The summed E-state index contributed by atoms with van der Waals surface area (Å²) in [6.07, 6.45) is -3.52. The van der Waals surface area contributed by atoms with Crippen LogP contribution in [-0.4, -0.2) is 60.7 Å². The van der Waals surface area contributed by atoms with E-state index in [1.807, 2.05) is 48.5 Å². The van der Waals surface area contributed by atoms with Gasteiger partial charge in [-0.25, -0.2) is 14.1 Å². The third-order valence-electron chi connectivity index (χ3n) is 8.08. The van der Waals surface area contributed by atoms with Gasteiger partial charge in [0, 0.05) is 5.39 Å². The molecule has 13 nitrogen and oxygen atoms in total. The van der Waals surface area contributed by atoms with Crippen LogP contribution in [0.15, 0.2) is 91.3 Å². The van der Waals surface area contributed by atoms with Gasteiger partial charge in [-0.05, 0) is 36.1 Å². The summed E-state index contributed by atoms with van der Waals surface area (Å²) in [6, 6.07) is 23.9. The standard InChI is InChI=1S/C31H30N5O8P/c1-18(30(38)41-16-19-8-3-2-4-9-19)35-45(40,43-24-13-7-11-20-10-5-6-12-21(20)24)44-28-27-31(28,39)26(37)25(42-27)22-14-15-23-29(32)33-17-34-36(22)23/h2-15,17-18,25-28,37,39H,16H2,1H3,(H,35,40)(H2,32,33,34)/t18-,25-,26-,27+,28?,31-,45?/m0/s1. The number of aliphatic hydroxyl groups excluding tert-OH is 1. The second-order valence-electron chi connectivity index (χ2n) is 11.0. The van der Waals surface area contributed by atoms with Gasteiger partial charge in [-0.15, -0.1) is 0 Å². The molecule has 7 atom stereocenters. The number of benzene rings is 3. The third kappa shape index (κ3) is 5.23. The monoisotopic (exact) mass is 631 g/mol. The summed E-state index contributed by atoms with van der Waals surface area (Å²) in [5.41, 5.74) is 5.74. The number of carbonyl (C=O) groups excluding carboxylic acids is 1. The molecular formula is C31H30N5O8P. The summed E-state index contributed by atoms with van der Waals surface area (Å²) in [5.74, 6) is -0.234. The highest BCUT2D eigenvalue weighted by molar-refractivity contribution is 7.52. The Morgan fingerprint density at radius 1 is 1.11 bits per heavy atom. The zero-order valence-electron chi connectivity index (χ0n) is 24.0. The van der Waals surface area contributed by atoms with Gasteiger partial charge in [0.1, 0.15) is 54.7 Å². The van der Waals surface area contributed by atoms with E-state index in [0.717, 1.165) is 10.9 Å². The molecule has 45 heavy (non-hydrogen) atoms. The van der Waals surface area contributed by atoms with Gasteiger partial charge in [-0.2, -0.15) is 10.2 Å². The molecule has 1 saturated heterocycles. The van der Waals surface area contributed by atoms with Crippen LogP contribution in [0.1, 0.15) is 24.3 Å². The lowest BCUT2D eigenvalue weighted by Gasteiger charge is -2.26. The van der Waals surface area contributed by atoms with Gasteiger partial charge < -0.3 is 29.9 Å². The minimum absolute atomic E-state index is 0.0118. The first-order valence-electron chi connectivity index (χ1n) is 14.3. The van der Waals surface area contributed by atoms with Crippen molar-refractivity contribution in [2.75, 3.05) is 5.73 Å². The summed E-state index contributed by atoms with van der Waals surface area (Å²) >= 11 is 0. The molecule has 1 aliphatic carbocycles. The highest BCUT2D eigenvalue weighted by atomic mass is 31.2. The number of rotatable bonds is 10. The number of anilines is 1. The fourth-order valence-electron chi connectivity index (χ4n) is 5.66. The zero-order chi connectivity index (χ0) is 31.3. The van der Waals surface area contributed by atoms with Crippen molar-refractivity contribution in [3.8, 4) is 5.75 Å². The molecule has 7 rings (SSSR count). The maximum absolute atomic E-state index is 14.4. The number of hydrogen-bond donors (Lipinski definition) is 4. The Hall–Kier alpha value is -4.36. The number of esters is 1. The molecule has 0 radical (unpaired) electrons. The Morgan fingerprint density at radius 3 is 2.64 bits per heavy atom. The Bertz CT molecular complexity index is 1930. The third-order valence-corrected chi connectivity index (χ3v) is 9.73. The van der Waals surface area contributed by atoms with Gasteiger partial charge in [-0.1, -0.05) is 66.7 Å². The average Bonchev–Trinajstić information content (AvgIpc) is 3.29. The summed E-state index contributed by atoms with van der Waals surface area (Å²) in [6.45, 7) is 1.48. The maximum atomic E-state index is 14.4. The molecule has 14 heteroatoms. The largest absolute Gasteiger partial charge is 0.460 e. The molecule has 0 amide bonds. The number of aromatic nitrogens is 3. The number of nitrogens with one attached hydrogen (secondary N) is 1. The van der Waals surface area contributed by atoms with E-state index in [4.69, 9.17) is 24.3 Å². The summed E-state index contributed by atoms with van der Waals surface area (Å²) < 4.78 is 39.3. The van der Waals surface area contributed by atoms with Crippen molar-refractivity contribution in [2.24, 2.45) is 0 Å². The average molecular weight is 632 g/mol. The first-order chi connectivity index (χ1) is 21.7. The highest BCUT2D eigenvalue weighted by Gasteiger charge is 2.79. The fraction of sp³-hybridized carbons (Fsp3) is 0.258. The predicted octanol–water partition coefficient (Wildman–Crippen LogP) is 3.30. The molecule has 1 aliphatic heterocycles. The molecule has 0 spiro atoms. The summed E-state index contributed by atoms with van der Waals surface area (Å²) in [4.78, 5) is 16.9. The van der Waals surface area contributed by atoms with Crippen LogP contribution in [0.25, 0.3) is 16.3 Å². The quantitative estimate of drug-likeness (QED) is 0.131. The van der Waals surface area contributed by atoms with Crippen molar-refractivity contribution in [2.45, 2.75) is 49.6 Å². The van der Waals surface area contributed by atoms with Crippen LogP contribution in [0, 0.1) is 0 Å². The SMILES string of the molecule is C[C@H](NP(=O)(Oc1cccc2ccccc12)OC1[C@H]2O[C@@H](c3ccc4c(N)ncnn34)[C@H](O)[C@@]12O)C(=O)OCc1ccccc1. The van der Waals surface area contributed by atoms with Crippen LogP contribution in [0.2, 0.25) is 0 Å². The van der Waals surface area contributed by atoms with Crippen molar-refractivity contribution in [3.05, 3.63) is 103 Å². The highest BCUT2D eigenvalue weighted by Crippen LogP contribution is 2.62. The predicted molar refractivity (Wildman–Crippen MR) is 162 cm³/mol. The second kappa shape index (κ2) is 11.2. The lowest BCUT2D eigenvalue weighted by Crippen LogP contribution is -2.38. The smallest absolute Gasteiger partial charge is 0.459 e. The molecule has 2 aromatic heterocycles. The molecule has 5 N–H and O–H groups in total. The second-order valence-corrected chi connectivity index (χ2v) is 12.7. The fourth-order valence-corrected chi connectivity index (χ4v) is 7.39. The first kappa shape index (κ1) is 29.4. The maximum Gasteiger partial charge on any atom is 0.459 e. The molecule has 232 valence electrons. The number of fused-ring (bicyclic) bond motifs is 3. The van der Waals surface area contributed by atoms with E-state index in [1.165, 1.54) is 17.8 Å². The first-order valence-corrected chi connectivity index (χ1v) is 15.8. The van der Waals surface area contributed by atoms with E-state index in [0.29, 0.717) is 16.6 Å². The van der Waals surface area contributed by atoms with Crippen molar-refractivity contribution < 1.29 is 38.1 Å². The number of nitrogens with zero attached hydrogens (tertiary/aromatic N) is 3.